The number of nitrogens with one attached hydrogen (secondary N) is 1. The number of hydrogen-bond acceptors (Lipinski definition) is 6. The van der Waals surface area contributed by atoms with Crippen molar-refractivity contribution in [2.45, 2.75) is 23.5 Å². The zero-order valence-electron chi connectivity index (χ0n) is 14.4. The number of aliphatic hydroxyl groups excluding tert-OH is 1. The third-order valence-electron chi connectivity index (χ3n) is 3.96. The summed E-state index contributed by atoms with van der Waals surface area (Å²) in [7, 11) is 3.06. The van der Waals surface area contributed by atoms with Crippen LogP contribution in [0.5, 0.6) is 5.75 Å². The minimum Gasteiger partial charge on any atom is -0.497 e. The zero-order chi connectivity index (χ0) is 18.2. The molecule has 0 radical (unpaired) electrons. The normalized spacial score (nSPS) is 20.2. The zero-order valence-corrected chi connectivity index (χ0v) is 15.3. The van der Waals surface area contributed by atoms with E-state index in [1.807, 2.05) is 24.3 Å². The van der Waals surface area contributed by atoms with E-state index >= 15 is 0 Å². The standard InChI is InChI=1S/C17H24N2O5S/c1-23-10-17(22)19-7-6-14(15(20)9-19)18-16(21)11-25-13-5-3-4-12(8-13)24-2/h3-5,8,14-15,20H,6-7,9-11H2,1-2H3,(H,18,21)/t14-,15-/m1/s1. The number of thioether (sulfide) groups is 1. The highest BCUT2D eigenvalue weighted by atomic mass is 32.2. The van der Waals surface area contributed by atoms with E-state index in [-0.39, 0.29) is 36.8 Å². The van der Waals surface area contributed by atoms with Crippen LogP contribution in [0.25, 0.3) is 0 Å². The van der Waals surface area contributed by atoms with Crippen LogP contribution in [0.15, 0.2) is 29.2 Å². The molecule has 25 heavy (non-hydrogen) atoms. The molecule has 0 unspecified atom stereocenters. The Bertz CT molecular complexity index is 598. The van der Waals surface area contributed by atoms with Gasteiger partial charge in [0.25, 0.3) is 0 Å². The van der Waals surface area contributed by atoms with E-state index in [9.17, 15) is 14.7 Å². The van der Waals surface area contributed by atoms with Gasteiger partial charge in [-0.25, -0.2) is 0 Å². The van der Waals surface area contributed by atoms with E-state index in [1.54, 1.807) is 12.0 Å². The summed E-state index contributed by atoms with van der Waals surface area (Å²) < 4.78 is 9.98. The topological polar surface area (TPSA) is 88.1 Å². The van der Waals surface area contributed by atoms with Crippen molar-refractivity contribution >= 4 is 23.6 Å². The summed E-state index contributed by atoms with van der Waals surface area (Å²) >= 11 is 1.41. The first kappa shape index (κ1) is 19.6. The van der Waals surface area contributed by atoms with Crippen molar-refractivity contribution in [1.82, 2.24) is 10.2 Å². The second-order valence-corrected chi connectivity index (χ2v) is 6.82. The largest absolute Gasteiger partial charge is 0.497 e. The van der Waals surface area contributed by atoms with Gasteiger partial charge in [-0.15, -0.1) is 11.8 Å². The average molecular weight is 368 g/mol. The minimum absolute atomic E-state index is 0.000917. The van der Waals surface area contributed by atoms with Crippen LogP contribution < -0.4 is 10.1 Å². The van der Waals surface area contributed by atoms with Crippen molar-refractivity contribution in [2.75, 3.05) is 39.7 Å². The fourth-order valence-electron chi connectivity index (χ4n) is 2.63. The fraction of sp³-hybridized carbons (Fsp3) is 0.529. The highest BCUT2D eigenvalue weighted by molar-refractivity contribution is 8.00. The van der Waals surface area contributed by atoms with Crippen molar-refractivity contribution in [3.8, 4) is 5.75 Å². The van der Waals surface area contributed by atoms with E-state index in [2.05, 4.69) is 5.32 Å². The average Bonchev–Trinajstić information content (AvgIpc) is 2.62. The second-order valence-electron chi connectivity index (χ2n) is 5.77. The summed E-state index contributed by atoms with van der Waals surface area (Å²) in [6.07, 6.45) is -0.257. The predicted molar refractivity (Wildman–Crippen MR) is 94.7 cm³/mol. The number of piperidine rings is 1. The Morgan fingerprint density at radius 1 is 1.40 bits per heavy atom. The van der Waals surface area contributed by atoms with Gasteiger partial charge in [0.1, 0.15) is 12.4 Å². The molecule has 1 saturated heterocycles. The van der Waals surface area contributed by atoms with Crippen LogP contribution in [0, 0.1) is 0 Å². The Hall–Kier alpha value is -1.77. The molecule has 8 heteroatoms. The molecule has 1 aromatic carbocycles. The Balaban J connectivity index is 1.78. The number of β-amino-alcohol motifs (C(OH)–C–C–N with tert-alkyl or cyclic N) is 1. The number of likely N-dealkylation sites (tertiary alicyclic amines) is 1. The molecule has 1 aliphatic heterocycles. The van der Waals surface area contributed by atoms with Crippen LogP contribution in [-0.2, 0) is 14.3 Å². The van der Waals surface area contributed by atoms with Gasteiger partial charge in [-0.2, -0.15) is 0 Å². The Kier molecular flexibility index (Phi) is 7.54. The number of aliphatic hydroxyl groups is 1. The molecule has 138 valence electrons. The molecular formula is C17H24N2O5S. The van der Waals surface area contributed by atoms with E-state index < -0.39 is 6.10 Å². The number of carbonyl (C=O) groups is 2. The molecule has 0 aliphatic carbocycles. The van der Waals surface area contributed by atoms with Crippen LogP contribution in [-0.4, -0.2) is 73.6 Å². The summed E-state index contributed by atoms with van der Waals surface area (Å²) in [5.41, 5.74) is 0. The number of nitrogens with zero attached hydrogens (tertiary/aromatic N) is 1. The number of hydrogen-bond donors (Lipinski definition) is 2. The van der Waals surface area contributed by atoms with Crippen molar-refractivity contribution in [3.05, 3.63) is 24.3 Å². The van der Waals surface area contributed by atoms with Gasteiger partial charge in [0.15, 0.2) is 0 Å². The summed E-state index contributed by atoms with van der Waals surface area (Å²) in [6.45, 7) is 0.699. The maximum atomic E-state index is 12.1. The van der Waals surface area contributed by atoms with E-state index in [0.29, 0.717) is 13.0 Å². The van der Waals surface area contributed by atoms with Crippen LogP contribution in [0.4, 0.5) is 0 Å². The molecule has 1 aromatic rings. The SMILES string of the molecule is COCC(=O)N1CC[C@@H](NC(=O)CSc2cccc(OC)c2)[C@H](O)C1. The van der Waals surface area contributed by atoms with Gasteiger partial charge in [0.2, 0.25) is 11.8 Å². The fourth-order valence-corrected chi connectivity index (χ4v) is 3.38. The molecule has 0 spiro atoms. The number of benzene rings is 1. The monoisotopic (exact) mass is 368 g/mol. The van der Waals surface area contributed by atoms with Crippen LogP contribution in [0.2, 0.25) is 0 Å². The first-order valence-electron chi connectivity index (χ1n) is 8.04. The van der Waals surface area contributed by atoms with Gasteiger partial charge in [0.05, 0.1) is 25.0 Å². The molecule has 1 aliphatic rings. The van der Waals surface area contributed by atoms with Gasteiger partial charge in [-0.1, -0.05) is 6.07 Å². The number of carbonyl (C=O) groups excluding carboxylic acids is 2. The summed E-state index contributed by atoms with van der Waals surface area (Å²) in [4.78, 5) is 26.4. The molecular weight excluding hydrogens is 344 g/mol. The molecule has 0 bridgehead atoms. The lowest BCUT2D eigenvalue weighted by Crippen LogP contribution is -2.56. The molecule has 2 atom stereocenters. The maximum absolute atomic E-state index is 12.1. The predicted octanol–water partition coefficient (Wildman–Crippen LogP) is 0.512. The maximum Gasteiger partial charge on any atom is 0.248 e. The molecule has 1 heterocycles. The van der Waals surface area contributed by atoms with Gasteiger partial charge in [-0.05, 0) is 24.6 Å². The lowest BCUT2D eigenvalue weighted by atomic mass is 10.0. The van der Waals surface area contributed by atoms with Crippen molar-refractivity contribution in [1.29, 1.82) is 0 Å². The Labute approximate surface area is 151 Å². The van der Waals surface area contributed by atoms with Gasteiger partial charge < -0.3 is 24.8 Å². The number of methoxy groups -OCH3 is 2. The van der Waals surface area contributed by atoms with Crippen LogP contribution >= 0.6 is 11.8 Å². The molecule has 0 saturated carbocycles. The summed E-state index contributed by atoms with van der Waals surface area (Å²) in [5, 5.41) is 13.0. The molecule has 2 rings (SSSR count). The Morgan fingerprint density at radius 3 is 2.88 bits per heavy atom. The molecule has 1 fully saturated rings. The first-order valence-corrected chi connectivity index (χ1v) is 9.03. The number of ether oxygens (including phenoxy) is 2. The van der Waals surface area contributed by atoms with Crippen molar-refractivity contribution in [3.63, 3.8) is 0 Å². The van der Waals surface area contributed by atoms with Crippen LogP contribution in [0.3, 0.4) is 0 Å². The van der Waals surface area contributed by atoms with Gasteiger partial charge >= 0.3 is 0 Å². The van der Waals surface area contributed by atoms with Crippen molar-refractivity contribution < 1.29 is 24.2 Å². The Morgan fingerprint density at radius 2 is 2.20 bits per heavy atom. The third-order valence-corrected chi connectivity index (χ3v) is 4.95. The second kappa shape index (κ2) is 9.65. The van der Waals surface area contributed by atoms with Gasteiger partial charge in [0, 0.05) is 25.1 Å². The summed E-state index contributed by atoms with van der Waals surface area (Å²) in [6, 6.07) is 7.15. The smallest absolute Gasteiger partial charge is 0.248 e. The number of amides is 2. The lowest BCUT2D eigenvalue weighted by Gasteiger charge is -2.36. The molecule has 2 amide bonds. The first-order chi connectivity index (χ1) is 12.0. The van der Waals surface area contributed by atoms with E-state index in [4.69, 9.17) is 9.47 Å². The molecule has 0 aromatic heterocycles. The quantitative estimate of drug-likeness (QED) is 0.682. The third kappa shape index (κ3) is 5.91. The van der Waals surface area contributed by atoms with Gasteiger partial charge in [-0.3, -0.25) is 9.59 Å². The van der Waals surface area contributed by atoms with E-state index in [0.717, 1.165) is 10.6 Å². The highest BCUT2D eigenvalue weighted by Crippen LogP contribution is 2.22. The summed E-state index contributed by atoms with van der Waals surface area (Å²) in [5.74, 6) is 0.699. The van der Waals surface area contributed by atoms with Crippen LogP contribution in [0.1, 0.15) is 6.42 Å². The lowest BCUT2D eigenvalue weighted by molar-refractivity contribution is -0.139. The van der Waals surface area contributed by atoms with E-state index in [1.165, 1.54) is 18.9 Å². The highest BCUT2D eigenvalue weighted by Gasteiger charge is 2.30. The number of rotatable bonds is 7. The molecule has 7 nitrogen and oxygen atoms in total. The molecule has 2 N–H and O–H groups in total. The minimum atomic E-state index is -0.777. The van der Waals surface area contributed by atoms with Crippen molar-refractivity contribution in [2.24, 2.45) is 0 Å².